The molecule has 3 heteroatoms. The minimum Gasteiger partial charge on any atom is -0.276 e. The van der Waals surface area contributed by atoms with Gasteiger partial charge in [-0.15, -0.1) is 0 Å². The summed E-state index contributed by atoms with van der Waals surface area (Å²) in [4.78, 5) is 5.74. The SMILES string of the molecule is CON(c1ccccc1[Si](C)(C)C)[C@@H](C)c1ccccc1. The summed E-state index contributed by atoms with van der Waals surface area (Å²) in [5, 5.41) is 3.46. The first kappa shape index (κ1) is 15.8. The lowest BCUT2D eigenvalue weighted by Crippen LogP contribution is -2.42. The molecule has 0 aliphatic heterocycles. The highest BCUT2D eigenvalue weighted by molar-refractivity contribution is 6.89. The molecule has 0 aromatic heterocycles. The Balaban J connectivity index is 2.43. The zero-order valence-electron chi connectivity index (χ0n) is 13.6. The largest absolute Gasteiger partial charge is 0.276 e. The number of rotatable bonds is 5. The van der Waals surface area contributed by atoms with E-state index in [4.69, 9.17) is 4.84 Å². The van der Waals surface area contributed by atoms with Gasteiger partial charge in [0.05, 0.1) is 26.9 Å². The van der Waals surface area contributed by atoms with Crippen LogP contribution in [0.5, 0.6) is 0 Å². The van der Waals surface area contributed by atoms with Crippen LogP contribution in [-0.4, -0.2) is 15.2 Å². The zero-order valence-corrected chi connectivity index (χ0v) is 14.6. The van der Waals surface area contributed by atoms with E-state index in [1.54, 1.807) is 7.11 Å². The molecule has 1 atom stereocenters. The summed E-state index contributed by atoms with van der Waals surface area (Å²) in [5.41, 5.74) is 2.44. The first-order valence-corrected chi connectivity index (χ1v) is 10.9. The van der Waals surface area contributed by atoms with Crippen molar-refractivity contribution in [1.82, 2.24) is 0 Å². The molecule has 21 heavy (non-hydrogen) atoms. The summed E-state index contributed by atoms with van der Waals surface area (Å²) in [6, 6.07) is 19.3. The van der Waals surface area contributed by atoms with E-state index in [2.05, 4.69) is 75.1 Å². The second-order valence-electron chi connectivity index (χ2n) is 6.36. The number of nitrogens with zero attached hydrogens (tertiary/aromatic N) is 1. The lowest BCUT2D eigenvalue weighted by molar-refractivity contribution is 0.144. The van der Waals surface area contributed by atoms with Crippen LogP contribution < -0.4 is 10.2 Å². The molecule has 2 rings (SSSR count). The summed E-state index contributed by atoms with van der Waals surface area (Å²) < 4.78 is 0. The molecule has 0 saturated heterocycles. The molecule has 0 amide bonds. The molecule has 2 aromatic carbocycles. The van der Waals surface area contributed by atoms with Crippen molar-refractivity contribution in [2.75, 3.05) is 12.2 Å². The fourth-order valence-electron chi connectivity index (χ4n) is 2.63. The normalized spacial score (nSPS) is 13.0. The smallest absolute Gasteiger partial charge is 0.0804 e. The molecule has 2 aromatic rings. The summed E-state index contributed by atoms with van der Waals surface area (Å²) in [6.07, 6.45) is 0. The Kier molecular flexibility index (Phi) is 4.86. The highest BCUT2D eigenvalue weighted by atomic mass is 28.3. The first-order chi connectivity index (χ1) is 9.95. The van der Waals surface area contributed by atoms with Gasteiger partial charge in [0.15, 0.2) is 0 Å². The van der Waals surface area contributed by atoms with Crippen LogP contribution in [-0.2, 0) is 4.84 Å². The van der Waals surface area contributed by atoms with Crippen LogP contribution in [0, 0.1) is 0 Å². The van der Waals surface area contributed by atoms with E-state index in [-0.39, 0.29) is 6.04 Å². The van der Waals surface area contributed by atoms with Gasteiger partial charge in [-0.05, 0) is 23.7 Å². The van der Waals surface area contributed by atoms with Crippen molar-refractivity contribution in [2.45, 2.75) is 32.6 Å². The van der Waals surface area contributed by atoms with Crippen LogP contribution >= 0.6 is 0 Å². The molecule has 0 aliphatic carbocycles. The molecule has 0 heterocycles. The lowest BCUT2D eigenvalue weighted by atomic mass is 10.1. The van der Waals surface area contributed by atoms with Gasteiger partial charge < -0.3 is 0 Å². The van der Waals surface area contributed by atoms with Gasteiger partial charge in [-0.1, -0.05) is 68.2 Å². The number of anilines is 1. The van der Waals surface area contributed by atoms with E-state index >= 15 is 0 Å². The van der Waals surface area contributed by atoms with Crippen molar-refractivity contribution in [3.05, 3.63) is 60.2 Å². The van der Waals surface area contributed by atoms with Gasteiger partial charge in [0.2, 0.25) is 0 Å². The first-order valence-electron chi connectivity index (χ1n) is 7.43. The predicted molar refractivity (Wildman–Crippen MR) is 93.8 cm³/mol. The molecule has 0 N–H and O–H groups in total. The van der Waals surface area contributed by atoms with Crippen molar-refractivity contribution < 1.29 is 4.84 Å². The maximum atomic E-state index is 5.74. The van der Waals surface area contributed by atoms with Crippen LogP contribution in [0.3, 0.4) is 0 Å². The number of hydroxylamine groups is 1. The highest BCUT2D eigenvalue weighted by Crippen LogP contribution is 2.27. The van der Waals surface area contributed by atoms with E-state index < -0.39 is 8.07 Å². The molecule has 2 nitrogen and oxygen atoms in total. The number of hydrogen-bond acceptors (Lipinski definition) is 2. The van der Waals surface area contributed by atoms with Crippen LogP contribution in [0.15, 0.2) is 54.6 Å². The van der Waals surface area contributed by atoms with Gasteiger partial charge in [0.25, 0.3) is 0 Å². The van der Waals surface area contributed by atoms with E-state index in [1.165, 1.54) is 16.4 Å². The third kappa shape index (κ3) is 3.55. The van der Waals surface area contributed by atoms with Crippen molar-refractivity contribution in [1.29, 1.82) is 0 Å². The van der Waals surface area contributed by atoms with E-state index in [0.29, 0.717) is 0 Å². The van der Waals surface area contributed by atoms with Crippen molar-refractivity contribution >= 4 is 18.9 Å². The second-order valence-corrected chi connectivity index (χ2v) is 11.4. The molecule has 0 aliphatic rings. The molecule has 112 valence electrons. The minimum absolute atomic E-state index is 0.175. The summed E-state index contributed by atoms with van der Waals surface area (Å²) in [7, 11) is 0.325. The van der Waals surface area contributed by atoms with Gasteiger partial charge in [-0.25, -0.2) is 5.06 Å². The summed E-state index contributed by atoms with van der Waals surface area (Å²) >= 11 is 0. The maximum absolute atomic E-state index is 5.74. The Labute approximate surface area is 129 Å². The Morgan fingerprint density at radius 2 is 1.48 bits per heavy atom. The zero-order chi connectivity index (χ0) is 15.5. The average Bonchev–Trinajstić information content (AvgIpc) is 2.48. The minimum atomic E-state index is -1.43. The second kappa shape index (κ2) is 6.46. The number of benzene rings is 2. The van der Waals surface area contributed by atoms with Crippen LogP contribution in [0.2, 0.25) is 19.6 Å². The lowest BCUT2D eigenvalue weighted by Gasteiger charge is -2.33. The maximum Gasteiger partial charge on any atom is 0.0804 e. The molecule has 0 radical (unpaired) electrons. The van der Waals surface area contributed by atoms with Gasteiger partial charge in [-0.3, -0.25) is 4.84 Å². The van der Waals surface area contributed by atoms with Crippen molar-refractivity contribution in [2.24, 2.45) is 0 Å². The summed E-state index contributed by atoms with van der Waals surface area (Å²) in [6.45, 7) is 9.28. The predicted octanol–water partition coefficient (Wildman–Crippen LogP) is 4.36. The van der Waals surface area contributed by atoms with Gasteiger partial charge in [-0.2, -0.15) is 0 Å². The van der Waals surface area contributed by atoms with E-state index in [1.807, 2.05) is 11.1 Å². The van der Waals surface area contributed by atoms with Crippen LogP contribution in [0.25, 0.3) is 0 Å². The van der Waals surface area contributed by atoms with E-state index in [0.717, 1.165) is 0 Å². The standard InChI is InChI=1S/C18H25NOSi/c1-15(16-11-7-6-8-12-16)19(20-2)17-13-9-10-14-18(17)21(3,4)5/h6-15H,1-5H3/t15-/m0/s1. The van der Waals surface area contributed by atoms with Crippen LogP contribution in [0.4, 0.5) is 5.69 Å². The highest BCUT2D eigenvalue weighted by Gasteiger charge is 2.25. The van der Waals surface area contributed by atoms with Gasteiger partial charge >= 0.3 is 0 Å². The monoisotopic (exact) mass is 299 g/mol. The Bertz CT molecular complexity index is 577. The third-order valence-electron chi connectivity index (χ3n) is 3.78. The molecule has 0 bridgehead atoms. The van der Waals surface area contributed by atoms with Gasteiger partial charge in [0, 0.05) is 0 Å². The molecule has 0 fully saturated rings. The summed E-state index contributed by atoms with van der Waals surface area (Å²) in [5.74, 6) is 0. The fourth-order valence-corrected chi connectivity index (χ4v) is 4.19. The topological polar surface area (TPSA) is 12.5 Å². The molecular formula is C18H25NOSi. The molecular weight excluding hydrogens is 274 g/mol. The average molecular weight is 299 g/mol. The van der Waals surface area contributed by atoms with Crippen LogP contribution in [0.1, 0.15) is 18.5 Å². The quantitative estimate of drug-likeness (QED) is 0.601. The van der Waals surface area contributed by atoms with Crippen molar-refractivity contribution in [3.63, 3.8) is 0 Å². The van der Waals surface area contributed by atoms with Gasteiger partial charge in [0.1, 0.15) is 0 Å². The molecule has 0 saturated carbocycles. The Morgan fingerprint density at radius 1 is 0.905 bits per heavy atom. The molecule has 0 spiro atoms. The number of para-hydroxylation sites is 1. The number of hydrogen-bond donors (Lipinski definition) is 0. The fraction of sp³-hybridized carbons (Fsp3) is 0.333. The van der Waals surface area contributed by atoms with E-state index in [9.17, 15) is 0 Å². The van der Waals surface area contributed by atoms with Crippen molar-refractivity contribution in [3.8, 4) is 0 Å². The molecule has 0 unspecified atom stereocenters. The Morgan fingerprint density at radius 3 is 2.05 bits per heavy atom. The third-order valence-corrected chi connectivity index (χ3v) is 5.82. The Hall–Kier alpha value is -1.58.